The summed E-state index contributed by atoms with van der Waals surface area (Å²) in [4.78, 5) is 0. The Hall–Kier alpha value is -0.0500. The van der Waals surface area contributed by atoms with Gasteiger partial charge in [0.15, 0.2) is 0 Å². The molecule has 0 atom stereocenters. The molecule has 1 aromatic rings. The number of thiophene rings is 1. The predicted molar refractivity (Wildman–Crippen MR) is 47.0 cm³/mol. The zero-order chi connectivity index (χ0) is 7.40. The molecule has 0 bridgehead atoms. The summed E-state index contributed by atoms with van der Waals surface area (Å²) in [6.45, 7) is 0.996. The van der Waals surface area contributed by atoms with Crippen LogP contribution in [0.4, 0.5) is 0 Å². The van der Waals surface area contributed by atoms with Crippen molar-refractivity contribution < 1.29 is 0 Å². The summed E-state index contributed by atoms with van der Waals surface area (Å²) in [5, 5.41) is 8.04. The van der Waals surface area contributed by atoms with Crippen LogP contribution in [0.3, 0.4) is 0 Å². The minimum Gasteiger partial charge on any atom is -0.319 e. The molecule has 3 heteroatoms. The van der Waals surface area contributed by atoms with Crippen molar-refractivity contribution in [3.63, 3.8) is 0 Å². The van der Waals surface area contributed by atoms with E-state index in [0.717, 1.165) is 18.0 Å². The van der Waals surface area contributed by atoms with Crippen LogP contribution in [0, 0.1) is 0 Å². The molecular weight excluding hydrogens is 166 g/mol. The molecule has 0 unspecified atom stereocenters. The Morgan fingerprint density at radius 2 is 2.40 bits per heavy atom. The van der Waals surface area contributed by atoms with Crippen LogP contribution >= 0.6 is 22.9 Å². The van der Waals surface area contributed by atoms with Crippen LogP contribution in [0.5, 0.6) is 0 Å². The molecule has 0 aliphatic heterocycles. The summed E-state index contributed by atoms with van der Waals surface area (Å²) in [6, 6.07) is 0. The van der Waals surface area contributed by atoms with Gasteiger partial charge in [-0.3, -0.25) is 0 Å². The lowest BCUT2D eigenvalue weighted by atomic mass is 10.2. The van der Waals surface area contributed by atoms with Crippen LogP contribution in [-0.4, -0.2) is 13.6 Å². The first-order valence-electron chi connectivity index (χ1n) is 3.19. The average Bonchev–Trinajstić information content (AvgIpc) is 2.31. The predicted octanol–water partition coefficient (Wildman–Crippen LogP) is 2.16. The van der Waals surface area contributed by atoms with Gasteiger partial charge in [0.1, 0.15) is 0 Å². The molecule has 0 aliphatic carbocycles. The van der Waals surface area contributed by atoms with Crippen molar-refractivity contribution in [2.75, 3.05) is 13.6 Å². The zero-order valence-corrected chi connectivity index (χ0v) is 7.43. The second-order valence-corrected chi connectivity index (χ2v) is 3.25. The summed E-state index contributed by atoms with van der Waals surface area (Å²) in [5.74, 6) is 0. The molecule has 1 rings (SSSR count). The van der Waals surface area contributed by atoms with Crippen molar-refractivity contribution >= 4 is 22.9 Å². The topological polar surface area (TPSA) is 12.0 Å². The Kier molecular flexibility index (Phi) is 3.19. The summed E-state index contributed by atoms with van der Waals surface area (Å²) in [7, 11) is 1.94. The van der Waals surface area contributed by atoms with E-state index in [4.69, 9.17) is 11.6 Å². The highest BCUT2D eigenvalue weighted by molar-refractivity contribution is 7.08. The Labute approximate surface area is 70.0 Å². The van der Waals surface area contributed by atoms with Gasteiger partial charge in [0.2, 0.25) is 0 Å². The highest BCUT2D eigenvalue weighted by Gasteiger charge is 1.98. The zero-order valence-electron chi connectivity index (χ0n) is 5.86. The first kappa shape index (κ1) is 8.05. The molecule has 56 valence electrons. The van der Waals surface area contributed by atoms with Gasteiger partial charge in [-0.25, -0.2) is 0 Å². The van der Waals surface area contributed by atoms with E-state index in [1.165, 1.54) is 5.56 Å². The normalized spacial score (nSPS) is 10.2. The van der Waals surface area contributed by atoms with Crippen LogP contribution in [-0.2, 0) is 6.42 Å². The quantitative estimate of drug-likeness (QED) is 0.743. The van der Waals surface area contributed by atoms with Gasteiger partial charge < -0.3 is 5.32 Å². The molecule has 1 nitrogen and oxygen atoms in total. The molecular formula is C7H10ClNS. The minimum atomic E-state index is 0.903. The molecule has 0 amide bonds. The molecule has 0 spiro atoms. The SMILES string of the molecule is CNCCc1cscc1Cl. The second-order valence-electron chi connectivity index (χ2n) is 2.10. The number of hydrogen-bond donors (Lipinski definition) is 1. The molecule has 10 heavy (non-hydrogen) atoms. The van der Waals surface area contributed by atoms with Crippen molar-refractivity contribution in [1.29, 1.82) is 0 Å². The third-order valence-electron chi connectivity index (χ3n) is 1.33. The fraction of sp³-hybridized carbons (Fsp3) is 0.429. The van der Waals surface area contributed by atoms with E-state index in [-0.39, 0.29) is 0 Å². The average molecular weight is 176 g/mol. The Morgan fingerprint density at radius 1 is 1.60 bits per heavy atom. The number of halogens is 1. The fourth-order valence-electron chi connectivity index (χ4n) is 0.746. The van der Waals surface area contributed by atoms with E-state index in [1.54, 1.807) is 11.3 Å². The van der Waals surface area contributed by atoms with Crippen LogP contribution in [0.25, 0.3) is 0 Å². The highest BCUT2D eigenvalue weighted by Crippen LogP contribution is 2.20. The van der Waals surface area contributed by atoms with Crippen molar-refractivity contribution in [2.24, 2.45) is 0 Å². The minimum absolute atomic E-state index is 0.903. The summed E-state index contributed by atoms with van der Waals surface area (Å²) in [6.07, 6.45) is 1.03. The molecule has 0 saturated carbocycles. The molecule has 0 fully saturated rings. The van der Waals surface area contributed by atoms with Gasteiger partial charge in [0.25, 0.3) is 0 Å². The summed E-state index contributed by atoms with van der Waals surface area (Å²) >= 11 is 7.52. The number of nitrogens with one attached hydrogen (secondary N) is 1. The van der Waals surface area contributed by atoms with Crippen molar-refractivity contribution in [1.82, 2.24) is 5.32 Å². The smallest absolute Gasteiger partial charge is 0.0545 e. The van der Waals surface area contributed by atoms with Gasteiger partial charge in [0, 0.05) is 5.38 Å². The fourth-order valence-corrected chi connectivity index (χ4v) is 1.86. The van der Waals surface area contributed by atoms with Crippen molar-refractivity contribution in [2.45, 2.75) is 6.42 Å². The van der Waals surface area contributed by atoms with Gasteiger partial charge in [-0.15, -0.1) is 0 Å². The second kappa shape index (κ2) is 3.96. The first-order chi connectivity index (χ1) is 4.84. The number of likely N-dealkylation sites (N-methyl/N-ethyl adjacent to an activating group) is 1. The van der Waals surface area contributed by atoms with Crippen molar-refractivity contribution in [3.8, 4) is 0 Å². The van der Waals surface area contributed by atoms with Crippen LogP contribution in [0.1, 0.15) is 5.56 Å². The molecule has 0 radical (unpaired) electrons. The highest BCUT2D eigenvalue weighted by atomic mass is 35.5. The maximum Gasteiger partial charge on any atom is 0.0545 e. The molecule has 1 aromatic heterocycles. The van der Waals surface area contributed by atoms with Gasteiger partial charge in [-0.05, 0) is 31.0 Å². The third-order valence-corrected chi connectivity index (χ3v) is 2.61. The van der Waals surface area contributed by atoms with Gasteiger partial charge in [0.05, 0.1) is 5.02 Å². The number of rotatable bonds is 3. The van der Waals surface area contributed by atoms with Crippen molar-refractivity contribution in [3.05, 3.63) is 21.3 Å². The molecule has 1 heterocycles. The largest absolute Gasteiger partial charge is 0.319 e. The third kappa shape index (κ3) is 1.97. The first-order valence-corrected chi connectivity index (χ1v) is 4.52. The standard InChI is InChI=1S/C7H10ClNS/c1-9-3-2-6-4-10-5-7(6)8/h4-5,9H,2-3H2,1H3. The Morgan fingerprint density at radius 3 is 2.90 bits per heavy atom. The van der Waals surface area contributed by atoms with Gasteiger partial charge in [-0.2, -0.15) is 11.3 Å². The van der Waals surface area contributed by atoms with E-state index in [0.29, 0.717) is 0 Å². The Bertz CT molecular complexity index is 197. The van der Waals surface area contributed by atoms with Crippen LogP contribution < -0.4 is 5.32 Å². The van der Waals surface area contributed by atoms with E-state index in [2.05, 4.69) is 10.7 Å². The van der Waals surface area contributed by atoms with Gasteiger partial charge >= 0.3 is 0 Å². The lowest BCUT2D eigenvalue weighted by Gasteiger charge is -1.95. The van der Waals surface area contributed by atoms with E-state index >= 15 is 0 Å². The maximum absolute atomic E-state index is 5.86. The lowest BCUT2D eigenvalue weighted by molar-refractivity contribution is 0.793. The lowest BCUT2D eigenvalue weighted by Crippen LogP contribution is -2.09. The van der Waals surface area contributed by atoms with Crippen LogP contribution in [0.2, 0.25) is 5.02 Å². The van der Waals surface area contributed by atoms with Gasteiger partial charge in [-0.1, -0.05) is 11.6 Å². The Balaban J connectivity index is 2.49. The molecule has 0 aliphatic rings. The summed E-state index contributed by atoms with van der Waals surface area (Å²) in [5.41, 5.74) is 1.25. The van der Waals surface area contributed by atoms with E-state index in [1.807, 2.05) is 12.4 Å². The number of hydrogen-bond acceptors (Lipinski definition) is 2. The summed E-state index contributed by atoms with van der Waals surface area (Å²) < 4.78 is 0. The monoisotopic (exact) mass is 175 g/mol. The molecule has 1 N–H and O–H groups in total. The maximum atomic E-state index is 5.86. The van der Waals surface area contributed by atoms with E-state index in [9.17, 15) is 0 Å². The molecule has 0 saturated heterocycles. The van der Waals surface area contributed by atoms with Crippen LogP contribution in [0.15, 0.2) is 10.8 Å². The van der Waals surface area contributed by atoms with E-state index < -0.39 is 0 Å². The molecule has 0 aromatic carbocycles.